The molecule has 0 aliphatic rings. The first-order valence-corrected chi connectivity index (χ1v) is 7.02. The highest BCUT2D eigenvalue weighted by Crippen LogP contribution is 2.39. The molecular formula is C15H9ClFNOS. The summed E-state index contributed by atoms with van der Waals surface area (Å²) in [6.07, 6.45) is 0. The molecule has 0 bridgehead atoms. The Balaban J connectivity index is 2.18. The van der Waals surface area contributed by atoms with Gasteiger partial charge in [0.2, 0.25) is 0 Å². The zero-order valence-corrected chi connectivity index (χ0v) is 11.7. The van der Waals surface area contributed by atoms with Gasteiger partial charge in [-0.1, -0.05) is 23.7 Å². The predicted molar refractivity (Wildman–Crippen MR) is 80.8 cm³/mol. The van der Waals surface area contributed by atoms with Crippen LogP contribution in [-0.2, 0) is 0 Å². The van der Waals surface area contributed by atoms with Gasteiger partial charge in [-0.15, -0.1) is 11.3 Å². The molecule has 0 atom stereocenters. The Labute approximate surface area is 123 Å². The second-order valence-corrected chi connectivity index (χ2v) is 5.76. The standard InChI is InChI=1S/C15H9ClFNOS/c16-8-5-6-12-10(7-8)14(19)15(20-12)13(18)9-3-1-2-4-11(9)17/h1-7,18-19H. The van der Waals surface area contributed by atoms with Gasteiger partial charge in [-0.3, -0.25) is 5.41 Å². The smallest absolute Gasteiger partial charge is 0.143 e. The van der Waals surface area contributed by atoms with Crippen LogP contribution < -0.4 is 0 Å². The highest BCUT2D eigenvalue weighted by atomic mass is 35.5. The Morgan fingerprint density at radius 3 is 2.70 bits per heavy atom. The molecule has 0 spiro atoms. The predicted octanol–water partition coefficient (Wildman–Crippen LogP) is 4.82. The van der Waals surface area contributed by atoms with E-state index in [1.165, 1.54) is 23.5 Å². The quantitative estimate of drug-likeness (QED) is 0.655. The molecule has 20 heavy (non-hydrogen) atoms. The minimum Gasteiger partial charge on any atom is -0.506 e. The third-order valence-electron chi connectivity index (χ3n) is 2.99. The van der Waals surface area contributed by atoms with Crippen LogP contribution in [-0.4, -0.2) is 10.8 Å². The molecule has 0 aliphatic heterocycles. The van der Waals surface area contributed by atoms with Crippen molar-refractivity contribution in [3.63, 3.8) is 0 Å². The van der Waals surface area contributed by atoms with E-state index in [1.807, 2.05) is 0 Å². The van der Waals surface area contributed by atoms with Crippen molar-refractivity contribution >= 4 is 38.7 Å². The van der Waals surface area contributed by atoms with E-state index < -0.39 is 5.82 Å². The van der Waals surface area contributed by atoms with E-state index in [9.17, 15) is 9.50 Å². The number of hydrogen-bond donors (Lipinski definition) is 2. The Bertz CT molecular complexity index is 828. The van der Waals surface area contributed by atoms with E-state index in [0.717, 1.165) is 4.70 Å². The molecule has 2 N–H and O–H groups in total. The van der Waals surface area contributed by atoms with Crippen LogP contribution in [0.5, 0.6) is 5.75 Å². The third-order valence-corrected chi connectivity index (χ3v) is 4.41. The lowest BCUT2D eigenvalue weighted by Gasteiger charge is -2.03. The molecule has 0 saturated heterocycles. The molecule has 0 amide bonds. The normalized spacial score (nSPS) is 10.9. The Morgan fingerprint density at radius 1 is 1.20 bits per heavy atom. The lowest BCUT2D eigenvalue weighted by molar-refractivity contribution is 0.482. The van der Waals surface area contributed by atoms with Gasteiger partial charge in [0.25, 0.3) is 0 Å². The lowest BCUT2D eigenvalue weighted by atomic mass is 10.1. The van der Waals surface area contributed by atoms with Crippen molar-refractivity contribution in [1.82, 2.24) is 0 Å². The van der Waals surface area contributed by atoms with Crippen molar-refractivity contribution in [2.24, 2.45) is 0 Å². The number of hydrogen-bond acceptors (Lipinski definition) is 3. The first kappa shape index (κ1) is 13.1. The minimum absolute atomic E-state index is 0.0271. The summed E-state index contributed by atoms with van der Waals surface area (Å²) in [6, 6.07) is 11.2. The van der Waals surface area contributed by atoms with Crippen LogP contribution in [0.3, 0.4) is 0 Å². The molecule has 100 valence electrons. The molecule has 2 nitrogen and oxygen atoms in total. The first-order chi connectivity index (χ1) is 9.58. The van der Waals surface area contributed by atoms with E-state index >= 15 is 0 Å². The molecule has 0 unspecified atom stereocenters. The van der Waals surface area contributed by atoms with Gasteiger partial charge in [0.1, 0.15) is 11.6 Å². The molecule has 0 fully saturated rings. The number of halogens is 2. The van der Waals surface area contributed by atoms with E-state index in [2.05, 4.69) is 0 Å². The SMILES string of the molecule is N=C(c1ccccc1F)c1sc2ccc(Cl)cc2c1O. The molecule has 0 radical (unpaired) electrons. The van der Waals surface area contributed by atoms with Gasteiger partial charge in [0, 0.05) is 20.7 Å². The van der Waals surface area contributed by atoms with Gasteiger partial charge in [-0.25, -0.2) is 4.39 Å². The van der Waals surface area contributed by atoms with Crippen LogP contribution in [0.25, 0.3) is 10.1 Å². The van der Waals surface area contributed by atoms with Crippen molar-refractivity contribution in [2.45, 2.75) is 0 Å². The molecule has 1 heterocycles. The van der Waals surface area contributed by atoms with Crippen molar-refractivity contribution in [1.29, 1.82) is 5.41 Å². The van der Waals surface area contributed by atoms with Gasteiger partial charge in [-0.05, 0) is 30.3 Å². The summed E-state index contributed by atoms with van der Waals surface area (Å²) in [7, 11) is 0. The van der Waals surface area contributed by atoms with Crippen molar-refractivity contribution in [3.8, 4) is 5.75 Å². The van der Waals surface area contributed by atoms with Crippen molar-refractivity contribution in [2.75, 3.05) is 0 Å². The average Bonchev–Trinajstić information content (AvgIpc) is 2.76. The first-order valence-electron chi connectivity index (χ1n) is 5.83. The van der Waals surface area contributed by atoms with Gasteiger partial charge in [0.15, 0.2) is 0 Å². The topological polar surface area (TPSA) is 44.1 Å². The van der Waals surface area contributed by atoms with Crippen LogP contribution in [0.4, 0.5) is 4.39 Å². The van der Waals surface area contributed by atoms with Crippen LogP contribution in [0.2, 0.25) is 5.02 Å². The summed E-state index contributed by atoms with van der Waals surface area (Å²) in [5, 5.41) is 19.4. The second kappa shape index (κ2) is 4.89. The third kappa shape index (κ3) is 2.07. The molecule has 3 rings (SSSR count). The average molecular weight is 306 g/mol. The molecule has 0 aliphatic carbocycles. The van der Waals surface area contributed by atoms with E-state index in [4.69, 9.17) is 17.0 Å². The number of benzene rings is 2. The van der Waals surface area contributed by atoms with Crippen molar-refractivity contribution in [3.05, 3.63) is 63.7 Å². The lowest BCUT2D eigenvalue weighted by Crippen LogP contribution is -2.02. The molecule has 3 aromatic rings. The summed E-state index contributed by atoms with van der Waals surface area (Å²) in [5.74, 6) is -0.506. The second-order valence-electron chi connectivity index (χ2n) is 4.28. The largest absolute Gasteiger partial charge is 0.506 e. The fourth-order valence-electron chi connectivity index (χ4n) is 2.01. The van der Waals surface area contributed by atoms with Crippen LogP contribution in [0.15, 0.2) is 42.5 Å². The molecular weight excluding hydrogens is 297 g/mol. The summed E-state index contributed by atoms with van der Waals surface area (Å²) in [6.45, 7) is 0. The monoisotopic (exact) mass is 305 g/mol. The van der Waals surface area contributed by atoms with Gasteiger partial charge in [-0.2, -0.15) is 0 Å². The maximum atomic E-state index is 13.7. The molecule has 5 heteroatoms. The Hall–Kier alpha value is -1.91. The summed E-state index contributed by atoms with van der Waals surface area (Å²) >= 11 is 7.15. The van der Waals surface area contributed by atoms with E-state index in [-0.39, 0.29) is 17.0 Å². The zero-order valence-electron chi connectivity index (χ0n) is 10.2. The maximum Gasteiger partial charge on any atom is 0.143 e. The summed E-state index contributed by atoms with van der Waals surface area (Å²) in [4.78, 5) is 0.340. The van der Waals surface area contributed by atoms with Crippen molar-refractivity contribution < 1.29 is 9.50 Å². The fraction of sp³-hybridized carbons (Fsp3) is 0. The highest BCUT2D eigenvalue weighted by Gasteiger charge is 2.18. The van der Waals surface area contributed by atoms with Crippen LogP contribution in [0, 0.1) is 11.2 Å². The number of fused-ring (bicyclic) bond motifs is 1. The number of thiophene rings is 1. The Morgan fingerprint density at radius 2 is 1.95 bits per heavy atom. The van der Waals surface area contributed by atoms with Gasteiger partial charge < -0.3 is 5.11 Å². The van der Waals surface area contributed by atoms with E-state index in [0.29, 0.717) is 15.3 Å². The number of rotatable bonds is 2. The highest BCUT2D eigenvalue weighted by molar-refractivity contribution is 7.21. The minimum atomic E-state index is -0.479. The maximum absolute atomic E-state index is 13.7. The number of nitrogens with one attached hydrogen (secondary N) is 1. The van der Waals surface area contributed by atoms with Crippen LogP contribution in [0.1, 0.15) is 10.4 Å². The molecule has 2 aromatic carbocycles. The summed E-state index contributed by atoms with van der Waals surface area (Å²) < 4.78 is 14.5. The van der Waals surface area contributed by atoms with Crippen LogP contribution >= 0.6 is 22.9 Å². The fourth-order valence-corrected chi connectivity index (χ4v) is 3.22. The van der Waals surface area contributed by atoms with E-state index in [1.54, 1.807) is 30.3 Å². The zero-order chi connectivity index (χ0) is 14.3. The van der Waals surface area contributed by atoms with Gasteiger partial charge >= 0.3 is 0 Å². The van der Waals surface area contributed by atoms with Gasteiger partial charge in [0.05, 0.1) is 10.6 Å². The Kier molecular flexibility index (Phi) is 3.20. The molecule has 0 saturated carbocycles. The number of aromatic hydroxyl groups is 1. The summed E-state index contributed by atoms with van der Waals surface area (Å²) in [5.41, 5.74) is 0.137. The molecule has 1 aromatic heterocycles.